The number of ether oxygens (including phenoxy) is 1. The number of ketones is 1. The molecule has 0 aromatic rings. The number of carbonyl (C=O) groups is 1. The minimum Gasteiger partial charge on any atom is -0.371 e. The van der Waals surface area contributed by atoms with Crippen molar-refractivity contribution in [1.29, 1.82) is 0 Å². The molecular weight excluding hydrogens is 152 g/mol. The summed E-state index contributed by atoms with van der Waals surface area (Å²) in [4.78, 5) is 11.4. The standard InChI is InChI=1S/C10H18O2/c1-8(2)12-7-10(11)9-5-3-4-6-9/h8-9H,3-7H2,1-2H3. The first-order valence-electron chi connectivity index (χ1n) is 4.84. The zero-order chi connectivity index (χ0) is 8.97. The van der Waals surface area contributed by atoms with Crippen molar-refractivity contribution in [3.63, 3.8) is 0 Å². The average Bonchev–Trinajstić information content (AvgIpc) is 2.51. The highest BCUT2D eigenvalue weighted by atomic mass is 16.5. The Kier molecular flexibility index (Phi) is 3.73. The second-order valence-electron chi connectivity index (χ2n) is 3.81. The fourth-order valence-electron chi connectivity index (χ4n) is 1.61. The Bertz CT molecular complexity index is 146. The predicted octanol–water partition coefficient (Wildman–Crippen LogP) is 2.17. The van der Waals surface area contributed by atoms with Crippen LogP contribution in [0, 0.1) is 5.92 Å². The van der Waals surface area contributed by atoms with Crippen LogP contribution >= 0.6 is 0 Å². The van der Waals surface area contributed by atoms with E-state index >= 15 is 0 Å². The normalized spacial score (nSPS) is 18.9. The number of hydrogen-bond acceptors (Lipinski definition) is 2. The molecule has 0 N–H and O–H groups in total. The Labute approximate surface area is 74.3 Å². The number of hydrogen-bond donors (Lipinski definition) is 0. The van der Waals surface area contributed by atoms with Crippen LogP contribution in [0.3, 0.4) is 0 Å². The summed E-state index contributed by atoms with van der Waals surface area (Å²) in [5.41, 5.74) is 0. The van der Waals surface area contributed by atoms with Gasteiger partial charge in [-0.15, -0.1) is 0 Å². The van der Waals surface area contributed by atoms with Crippen LogP contribution in [-0.2, 0) is 9.53 Å². The summed E-state index contributed by atoms with van der Waals surface area (Å²) in [6.45, 7) is 4.24. The van der Waals surface area contributed by atoms with Gasteiger partial charge in [-0.3, -0.25) is 4.79 Å². The molecule has 2 heteroatoms. The van der Waals surface area contributed by atoms with E-state index in [2.05, 4.69) is 0 Å². The highest BCUT2D eigenvalue weighted by molar-refractivity contribution is 5.82. The van der Waals surface area contributed by atoms with Gasteiger partial charge in [-0.2, -0.15) is 0 Å². The summed E-state index contributed by atoms with van der Waals surface area (Å²) >= 11 is 0. The van der Waals surface area contributed by atoms with Gasteiger partial charge in [-0.25, -0.2) is 0 Å². The molecule has 0 saturated heterocycles. The van der Waals surface area contributed by atoms with E-state index in [0.717, 1.165) is 12.8 Å². The SMILES string of the molecule is CC(C)OCC(=O)C1CCCC1. The van der Waals surface area contributed by atoms with E-state index in [0.29, 0.717) is 18.3 Å². The molecule has 0 heterocycles. The maximum absolute atomic E-state index is 11.4. The molecule has 0 aliphatic heterocycles. The Hall–Kier alpha value is -0.370. The van der Waals surface area contributed by atoms with Gasteiger partial charge >= 0.3 is 0 Å². The molecule has 0 amide bonds. The Morgan fingerprint density at radius 1 is 1.42 bits per heavy atom. The lowest BCUT2D eigenvalue weighted by molar-refractivity contribution is -0.128. The van der Waals surface area contributed by atoms with Crippen molar-refractivity contribution in [2.24, 2.45) is 5.92 Å². The molecule has 1 rings (SSSR count). The van der Waals surface area contributed by atoms with Crippen molar-refractivity contribution in [3.05, 3.63) is 0 Å². The van der Waals surface area contributed by atoms with E-state index in [-0.39, 0.29) is 6.10 Å². The fraction of sp³-hybridized carbons (Fsp3) is 0.900. The molecule has 0 radical (unpaired) electrons. The van der Waals surface area contributed by atoms with E-state index in [1.807, 2.05) is 13.8 Å². The molecule has 1 saturated carbocycles. The van der Waals surface area contributed by atoms with E-state index in [4.69, 9.17) is 4.74 Å². The number of carbonyl (C=O) groups excluding carboxylic acids is 1. The first-order chi connectivity index (χ1) is 5.70. The molecule has 1 fully saturated rings. The molecule has 0 aromatic heterocycles. The summed E-state index contributed by atoms with van der Waals surface area (Å²) in [5.74, 6) is 0.616. The van der Waals surface area contributed by atoms with Gasteiger partial charge in [-0.05, 0) is 26.7 Å². The zero-order valence-corrected chi connectivity index (χ0v) is 8.01. The van der Waals surface area contributed by atoms with Gasteiger partial charge < -0.3 is 4.74 Å². The van der Waals surface area contributed by atoms with Crippen LogP contribution in [-0.4, -0.2) is 18.5 Å². The van der Waals surface area contributed by atoms with Crippen molar-refractivity contribution >= 4 is 5.78 Å². The van der Waals surface area contributed by atoms with E-state index in [1.54, 1.807) is 0 Å². The fourth-order valence-corrected chi connectivity index (χ4v) is 1.61. The number of Topliss-reactive ketones (excluding diaryl/α,β-unsaturated/α-hetero) is 1. The molecular formula is C10H18O2. The average molecular weight is 170 g/mol. The van der Waals surface area contributed by atoms with Crippen LogP contribution in [0.2, 0.25) is 0 Å². The van der Waals surface area contributed by atoms with Crippen molar-refractivity contribution in [2.75, 3.05) is 6.61 Å². The maximum atomic E-state index is 11.4. The highest BCUT2D eigenvalue weighted by Crippen LogP contribution is 2.25. The molecule has 70 valence electrons. The largest absolute Gasteiger partial charge is 0.371 e. The molecule has 0 spiro atoms. The van der Waals surface area contributed by atoms with Crippen molar-refractivity contribution < 1.29 is 9.53 Å². The van der Waals surface area contributed by atoms with Crippen LogP contribution in [0.25, 0.3) is 0 Å². The summed E-state index contributed by atoms with van der Waals surface area (Å²) in [5, 5.41) is 0. The lowest BCUT2D eigenvalue weighted by atomic mass is 10.0. The van der Waals surface area contributed by atoms with Gasteiger partial charge in [0.2, 0.25) is 0 Å². The molecule has 2 nitrogen and oxygen atoms in total. The lowest BCUT2D eigenvalue weighted by Gasteiger charge is -2.10. The summed E-state index contributed by atoms with van der Waals surface area (Å²) in [6, 6.07) is 0. The first kappa shape index (κ1) is 9.72. The Balaban J connectivity index is 2.18. The van der Waals surface area contributed by atoms with Gasteiger partial charge in [0, 0.05) is 5.92 Å². The second kappa shape index (κ2) is 4.61. The van der Waals surface area contributed by atoms with Gasteiger partial charge in [0.1, 0.15) is 6.61 Å². The summed E-state index contributed by atoms with van der Waals surface area (Å²) in [7, 11) is 0. The van der Waals surface area contributed by atoms with Crippen LogP contribution in [0.5, 0.6) is 0 Å². The minimum atomic E-state index is 0.176. The summed E-state index contributed by atoms with van der Waals surface area (Å²) < 4.78 is 5.27. The quantitative estimate of drug-likeness (QED) is 0.646. The smallest absolute Gasteiger partial charge is 0.161 e. The molecule has 0 atom stereocenters. The summed E-state index contributed by atoms with van der Waals surface area (Å²) in [6.07, 6.45) is 4.78. The Morgan fingerprint density at radius 3 is 2.50 bits per heavy atom. The van der Waals surface area contributed by atoms with Gasteiger partial charge in [0.05, 0.1) is 6.10 Å². The molecule has 12 heavy (non-hydrogen) atoms. The molecule has 0 aromatic carbocycles. The maximum Gasteiger partial charge on any atom is 0.161 e. The number of rotatable bonds is 4. The van der Waals surface area contributed by atoms with Gasteiger partial charge in [-0.1, -0.05) is 12.8 Å². The van der Waals surface area contributed by atoms with E-state index < -0.39 is 0 Å². The Morgan fingerprint density at radius 2 is 2.00 bits per heavy atom. The molecule has 1 aliphatic carbocycles. The van der Waals surface area contributed by atoms with Crippen molar-refractivity contribution in [3.8, 4) is 0 Å². The van der Waals surface area contributed by atoms with Crippen LogP contribution in [0.15, 0.2) is 0 Å². The topological polar surface area (TPSA) is 26.3 Å². The van der Waals surface area contributed by atoms with Crippen LogP contribution in [0.4, 0.5) is 0 Å². The molecule has 1 aliphatic rings. The third-order valence-electron chi connectivity index (χ3n) is 2.37. The second-order valence-corrected chi connectivity index (χ2v) is 3.81. The van der Waals surface area contributed by atoms with Crippen molar-refractivity contribution in [1.82, 2.24) is 0 Å². The highest BCUT2D eigenvalue weighted by Gasteiger charge is 2.22. The van der Waals surface area contributed by atoms with Crippen LogP contribution < -0.4 is 0 Å². The third kappa shape index (κ3) is 2.94. The lowest BCUT2D eigenvalue weighted by Crippen LogP contribution is -2.19. The minimum absolute atomic E-state index is 0.176. The molecule has 0 unspecified atom stereocenters. The van der Waals surface area contributed by atoms with Gasteiger partial charge in [0.15, 0.2) is 5.78 Å². The van der Waals surface area contributed by atoms with Crippen LogP contribution in [0.1, 0.15) is 39.5 Å². The van der Waals surface area contributed by atoms with E-state index in [9.17, 15) is 4.79 Å². The zero-order valence-electron chi connectivity index (χ0n) is 8.01. The molecule has 0 bridgehead atoms. The predicted molar refractivity (Wildman–Crippen MR) is 48.1 cm³/mol. The third-order valence-corrected chi connectivity index (χ3v) is 2.37. The van der Waals surface area contributed by atoms with Crippen molar-refractivity contribution in [2.45, 2.75) is 45.6 Å². The van der Waals surface area contributed by atoms with Gasteiger partial charge in [0.25, 0.3) is 0 Å². The monoisotopic (exact) mass is 170 g/mol. The first-order valence-corrected chi connectivity index (χ1v) is 4.84. The van der Waals surface area contributed by atoms with E-state index in [1.165, 1.54) is 12.8 Å².